The van der Waals surface area contributed by atoms with E-state index in [4.69, 9.17) is 0 Å². The molecule has 0 saturated carbocycles. The third kappa shape index (κ3) is 11.2. The third-order valence-electron chi connectivity index (χ3n) is 4.73. The Hall–Kier alpha value is -1.04. The summed E-state index contributed by atoms with van der Waals surface area (Å²) in [5, 5.41) is 0. The van der Waals surface area contributed by atoms with Crippen LogP contribution in [0.15, 0.2) is 36.4 Å². The molecule has 0 aliphatic rings. The van der Waals surface area contributed by atoms with Crippen molar-refractivity contribution in [2.45, 2.75) is 97.3 Å². The Morgan fingerprint density at radius 2 is 1.26 bits per heavy atom. The number of rotatable bonds is 14. The molecule has 0 N–H and O–H groups in total. The summed E-state index contributed by atoms with van der Waals surface area (Å²) < 4.78 is 0. The summed E-state index contributed by atoms with van der Waals surface area (Å²) in [6.45, 7) is 4.44. The van der Waals surface area contributed by atoms with E-state index in [0.29, 0.717) is 0 Å². The first-order chi connectivity index (χ1) is 11.3. The summed E-state index contributed by atoms with van der Waals surface area (Å²) in [6.07, 6.45) is 22.6. The Morgan fingerprint density at radius 3 is 1.87 bits per heavy atom. The maximum Gasteiger partial charge on any atom is -0.0276 e. The maximum absolute atomic E-state index is 2.34. The Labute approximate surface area is 145 Å². The van der Waals surface area contributed by atoms with E-state index < -0.39 is 0 Å². The van der Waals surface area contributed by atoms with Crippen LogP contribution >= 0.6 is 0 Å². The lowest BCUT2D eigenvalue weighted by molar-refractivity contribution is 0.552. The summed E-state index contributed by atoms with van der Waals surface area (Å²) in [4.78, 5) is 0. The second-order valence-corrected chi connectivity index (χ2v) is 6.88. The molecule has 130 valence electrons. The van der Waals surface area contributed by atoms with E-state index in [9.17, 15) is 0 Å². The van der Waals surface area contributed by atoms with Gasteiger partial charge in [-0.1, -0.05) is 94.7 Å². The monoisotopic (exact) mass is 314 g/mol. The van der Waals surface area contributed by atoms with Gasteiger partial charge in [0.25, 0.3) is 0 Å². The van der Waals surface area contributed by atoms with Gasteiger partial charge in [0.05, 0.1) is 0 Å². The first-order valence-electron chi connectivity index (χ1n) is 10.0. The molecule has 0 spiro atoms. The fourth-order valence-electron chi connectivity index (χ4n) is 3.17. The highest BCUT2D eigenvalue weighted by atomic mass is 14.0. The maximum atomic E-state index is 2.34. The molecule has 0 aromatic heterocycles. The van der Waals surface area contributed by atoms with Crippen molar-refractivity contribution in [1.82, 2.24) is 0 Å². The third-order valence-corrected chi connectivity index (χ3v) is 4.73. The molecule has 0 atom stereocenters. The van der Waals surface area contributed by atoms with Gasteiger partial charge in [-0.25, -0.2) is 0 Å². The number of unbranched alkanes of at least 4 members (excludes halogenated alkanes) is 10. The van der Waals surface area contributed by atoms with E-state index in [1.54, 1.807) is 5.56 Å². The second-order valence-electron chi connectivity index (χ2n) is 6.88. The van der Waals surface area contributed by atoms with Crippen LogP contribution in [0, 0.1) is 6.92 Å². The number of hydrogen-bond acceptors (Lipinski definition) is 0. The molecule has 0 aliphatic carbocycles. The molecule has 0 radical (unpaired) electrons. The van der Waals surface area contributed by atoms with Crippen LogP contribution in [0.25, 0.3) is 0 Å². The normalized spacial score (nSPS) is 11.4. The van der Waals surface area contributed by atoms with Gasteiger partial charge in [-0.15, -0.1) is 0 Å². The van der Waals surface area contributed by atoms with Crippen molar-refractivity contribution in [3.63, 3.8) is 0 Å². The minimum absolute atomic E-state index is 1.19. The standard InChI is InChI=1S/C23H38/c1-3-4-5-6-7-8-9-10-11-12-13-14-15-16-20-23-21-18-17-19-22(23)2/h4-5,17-19,21H,3,6-16,20H2,1-2H3. The molecule has 0 unspecified atom stereocenters. The molecule has 0 amide bonds. The quantitative estimate of drug-likeness (QED) is 0.243. The van der Waals surface area contributed by atoms with E-state index in [2.05, 4.69) is 50.3 Å². The van der Waals surface area contributed by atoms with Gasteiger partial charge in [0.2, 0.25) is 0 Å². The molecule has 1 aromatic rings. The molecular weight excluding hydrogens is 276 g/mol. The highest BCUT2D eigenvalue weighted by Gasteiger charge is 1.97. The Bertz CT molecular complexity index is 402. The van der Waals surface area contributed by atoms with Gasteiger partial charge in [0, 0.05) is 0 Å². The van der Waals surface area contributed by atoms with Crippen molar-refractivity contribution in [2.75, 3.05) is 0 Å². The zero-order valence-corrected chi connectivity index (χ0v) is 15.7. The molecule has 23 heavy (non-hydrogen) atoms. The van der Waals surface area contributed by atoms with E-state index in [1.807, 2.05) is 0 Å². The van der Waals surface area contributed by atoms with Gasteiger partial charge in [0.15, 0.2) is 0 Å². The second kappa shape index (κ2) is 14.5. The molecule has 0 saturated heterocycles. The first-order valence-corrected chi connectivity index (χ1v) is 10.0. The van der Waals surface area contributed by atoms with Gasteiger partial charge in [0.1, 0.15) is 0 Å². The van der Waals surface area contributed by atoms with Crippen LogP contribution in [0.1, 0.15) is 95.1 Å². The fraction of sp³-hybridized carbons (Fsp3) is 0.652. The molecule has 0 fully saturated rings. The predicted molar refractivity (Wildman–Crippen MR) is 105 cm³/mol. The van der Waals surface area contributed by atoms with Crippen molar-refractivity contribution in [2.24, 2.45) is 0 Å². The Morgan fingerprint density at radius 1 is 0.696 bits per heavy atom. The van der Waals surface area contributed by atoms with Crippen molar-refractivity contribution in [3.05, 3.63) is 47.5 Å². The topological polar surface area (TPSA) is 0 Å². The highest BCUT2D eigenvalue weighted by Crippen LogP contribution is 2.14. The molecule has 0 bridgehead atoms. The summed E-state index contributed by atoms with van der Waals surface area (Å²) in [7, 11) is 0. The van der Waals surface area contributed by atoms with Crippen molar-refractivity contribution < 1.29 is 0 Å². The van der Waals surface area contributed by atoms with Crippen molar-refractivity contribution in [1.29, 1.82) is 0 Å². The van der Waals surface area contributed by atoms with Crippen LogP contribution in [0.4, 0.5) is 0 Å². The number of hydrogen-bond donors (Lipinski definition) is 0. The molecular formula is C23H38. The summed E-state index contributed by atoms with van der Waals surface area (Å²) in [5.74, 6) is 0. The van der Waals surface area contributed by atoms with Gasteiger partial charge in [-0.2, -0.15) is 0 Å². The Kier molecular flexibility index (Phi) is 12.7. The minimum Gasteiger partial charge on any atom is -0.0888 e. The van der Waals surface area contributed by atoms with Gasteiger partial charge in [-0.3, -0.25) is 0 Å². The van der Waals surface area contributed by atoms with Gasteiger partial charge < -0.3 is 0 Å². The summed E-state index contributed by atoms with van der Waals surface area (Å²) in [5.41, 5.74) is 3.00. The average molecular weight is 315 g/mol. The van der Waals surface area contributed by atoms with Crippen LogP contribution in [0.2, 0.25) is 0 Å². The van der Waals surface area contributed by atoms with E-state index in [1.165, 1.54) is 89.0 Å². The summed E-state index contributed by atoms with van der Waals surface area (Å²) in [6, 6.07) is 8.83. The van der Waals surface area contributed by atoms with Crippen LogP contribution in [-0.2, 0) is 6.42 Å². The zero-order valence-electron chi connectivity index (χ0n) is 15.7. The highest BCUT2D eigenvalue weighted by molar-refractivity contribution is 5.25. The molecule has 0 nitrogen and oxygen atoms in total. The molecule has 0 aliphatic heterocycles. The van der Waals surface area contributed by atoms with E-state index in [0.717, 1.165) is 0 Å². The van der Waals surface area contributed by atoms with Gasteiger partial charge >= 0.3 is 0 Å². The lowest BCUT2D eigenvalue weighted by Gasteiger charge is -2.05. The molecule has 1 aromatic carbocycles. The van der Waals surface area contributed by atoms with Crippen molar-refractivity contribution >= 4 is 0 Å². The lowest BCUT2D eigenvalue weighted by atomic mass is 10.0. The molecule has 0 heteroatoms. The van der Waals surface area contributed by atoms with Crippen molar-refractivity contribution in [3.8, 4) is 0 Å². The Balaban J connectivity index is 1.81. The van der Waals surface area contributed by atoms with Crippen LogP contribution in [0.3, 0.4) is 0 Å². The SMILES string of the molecule is CCC=CCCCCCCCCCCCCc1ccccc1C. The lowest BCUT2D eigenvalue weighted by Crippen LogP contribution is -1.89. The molecule has 1 rings (SSSR count). The van der Waals surface area contributed by atoms with E-state index >= 15 is 0 Å². The van der Waals surface area contributed by atoms with Gasteiger partial charge in [-0.05, 0) is 50.2 Å². The van der Waals surface area contributed by atoms with E-state index in [-0.39, 0.29) is 0 Å². The average Bonchev–Trinajstić information content (AvgIpc) is 2.57. The van der Waals surface area contributed by atoms with Crippen LogP contribution in [0.5, 0.6) is 0 Å². The van der Waals surface area contributed by atoms with Crippen LogP contribution < -0.4 is 0 Å². The largest absolute Gasteiger partial charge is 0.0888 e. The number of benzene rings is 1. The first kappa shape index (κ1) is 20.0. The zero-order chi connectivity index (χ0) is 16.6. The number of aryl methyl sites for hydroxylation is 2. The van der Waals surface area contributed by atoms with Crippen LogP contribution in [-0.4, -0.2) is 0 Å². The smallest absolute Gasteiger partial charge is 0.0276 e. The molecule has 0 heterocycles. The fourth-order valence-corrected chi connectivity index (χ4v) is 3.17. The summed E-state index contributed by atoms with van der Waals surface area (Å²) >= 11 is 0. The minimum atomic E-state index is 1.19. The predicted octanol–water partition coefficient (Wildman–Crippen LogP) is 7.79. The number of allylic oxidation sites excluding steroid dienone is 2.